The van der Waals surface area contributed by atoms with E-state index in [4.69, 9.17) is 5.26 Å². The number of carbonyl (C=O) groups excluding carboxylic acids is 1. The number of aryl methyl sites for hydroxylation is 1. The summed E-state index contributed by atoms with van der Waals surface area (Å²) < 4.78 is 0. The maximum atomic E-state index is 12.5. The summed E-state index contributed by atoms with van der Waals surface area (Å²) in [6, 6.07) is 7.06. The highest BCUT2D eigenvalue weighted by Gasteiger charge is 2.26. The van der Waals surface area contributed by atoms with Gasteiger partial charge in [-0.05, 0) is 37.1 Å². The lowest BCUT2D eigenvalue weighted by Gasteiger charge is -2.36. The van der Waals surface area contributed by atoms with E-state index in [9.17, 15) is 9.90 Å². The fourth-order valence-electron chi connectivity index (χ4n) is 2.73. The molecule has 0 radical (unpaired) electrons. The molecule has 0 spiro atoms. The number of hydrogen-bond donors (Lipinski definition) is 1. The highest BCUT2D eigenvalue weighted by molar-refractivity contribution is 5.95. The smallest absolute Gasteiger partial charge is 0.254 e. The SMILES string of the molecule is CCC(C#N)N1CCN(C(=O)c2ccc(O)cc2C)CC1. The summed E-state index contributed by atoms with van der Waals surface area (Å²) >= 11 is 0. The summed E-state index contributed by atoms with van der Waals surface area (Å²) in [5, 5.41) is 18.5. The van der Waals surface area contributed by atoms with E-state index in [1.165, 1.54) is 0 Å². The van der Waals surface area contributed by atoms with Gasteiger partial charge in [0, 0.05) is 31.7 Å². The third-order valence-electron chi connectivity index (χ3n) is 4.02. The fraction of sp³-hybridized carbons (Fsp3) is 0.500. The van der Waals surface area contributed by atoms with Crippen molar-refractivity contribution in [1.29, 1.82) is 5.26 Å². The summed E-state index contributed by atoms with van der Waals surface area (Å²) in [5.74, 6) is 0.172. The molecule has 0 bridgehead atoms. The van der Waals surface area contributed by atoms with Crippen LogP contribution in [0.5, 0.6) is 5.75 Å². The zero-order valence-electron chi connectivity index (χ0n) is 12.5. The maximum absolute atomic E-state index is 12.5. The van der Waals surface area contributed by atoms with Gasteiger partial charge in [0.1, 0.15) is 5.75 Å². The second-order valence-corrected chi connectivity index (χ2v) is 5.38. The normalized spacial score (nSPS) is 17.3. The number of phenolic OH excluding ortho intramolecular Hbond substituents is 1. The van der Waals surface area contributed by atoms with Crippen LogP contribution in [-0.2, 0) is 0 Å². The van der Waals surface area contributed by atoms with Crippen molar-refractivity contribution < 1.29 is 9.90 Å². The zero-order chi connectivity index (χ0) is 15.4. The molecule has 1 aromatic carbocycles. The molecule has 0 saturated carbocycles. The molecule has 1 atom stereocenters. The Morgan fingerprint density at radius 1 is 1.38 bits per heavy atom. The predicted molar refractivity (Wildman–Crippen MR) is 80.0 cm³/mol. The number of nitrogens with zero attached hydrogens (tertiary/aromatic N) is 3. The number of piperazine rings is 1. The highest BCUT2D eigenvalue weighted by atomic mass is 16.3. The van der Waals surface area contributed by atoms with Crippen molar-refractivity contribution in [3.05, 3.63) is 29.3 Å². The van der Waals surface area contributed by atoms with Crippen molar-refractivity contribution in [3.63, 3.8) is 0 Å². The van der Waals surface area contributed by atoms with Gasteiger partial charge in [-0.15, -0.1) is 0 Å². The monoisotopic (exact) mass is 287 g/mol. The number of carbonyl (C=O) groups is 1. The molecule has 1 heterocycles. The third-order valence-corrected chi connectivity index (χ3v) is 4.02. The molecule has 1 N–H and O–H groups in total. The van der Waals surface area contributed by atoms with Gasteiger partial charge in [0.05, 0.1) is 12.1 Å². The lowest BCUT2D eigenvalue weighted by atomic mass is 10.1. The van der Waals surface area contributed by atoms with Crippen LogP contribution < -0.4 is 0 Å². The van der Waals surface area contributed by atoms with Gasteiger partial charge in [-0.25, -0.2) is 0 Å². The van der Waals surface area contributed by atoms with Crippen LogP contribution in [0.25, 0.3) is 0 Å². The Morgan fingerprint density at radius 3 is 2.57 bits per heavy atom. The van der Waals surface area contributed by atoms with Crippen LogP contribution in [0.3, 0.4) is 0 Å². The molecule has 5 nitrogen and oxygen atoms in total. The van der Waals surface area contributed by atoms with Crippen molar-refractivity contribution in [2.45, 2.75) is 26.3 Å². The first-order valence-electron chi connectivity index (χ1n) is 7.29. The Kier molecular flexibility index (Phi) is 4.81. The van der Waals surface area contributed by atoms with Gasteiger partial charge in [-0.2, -0.15) is 5.26 Å². The third kappa shape index (κ3) is 3.34. The number of phenols is 1. The fourth-order valence-corrected chi connectivity index (χ4v) is 2.73. The standard InChI is InChI=1S/C16H21N3O2/c1-3-13(11-17)18-6-8-19(9-7-18)16(21)15-5-4-14(20)10-12(15)2/h4-5,10,13,20H,3,6-9H2,1-2H3. The van der Waals surface area contributed by atoms with Crippen molar-refractivity contribution in [2.75, 3.05) is 26.2 Å². The van der Waals surface area contributed by atoms with E-state index in [0.29, 0.717) is 18.7 Å². The number of hydrogen-bond acceptors (Lipinski definition) is 4. The van der Waals surface area contributed by atoms with Gasteiger partial charge < -0.3 is 10.0 Å². The van der Waals surface area contributed by atoms with E-state index in [0.717, 1.165) is 25.1 Å². The Hall–Kier alpha value is -2.06. The largest absolute Gasteiger partial charge is 0.508 e. The maximum Gasteiger partial charge on any atom is 0.254 e. The first-order chi connectivity index (χ1) is 10.1. The number of aromatic hydroxyl groups is 1. The molecule has 1 amide bonds. The Bertz CT molecular complexity index is 557. The van der Waals surface area contributed by atoms with Gasteiger partial charge in [-0.1, -0.05) is 6.92 Å². The van der Waals surface area contributed by atoms with E-state index in [1.807, 2.05) is 18.7 Å². The molecule has 1 aliphatic heterocycles. The minimum atomic E-state index is -0.0577. The Labute approximate surface area is 125 Å². The molecule has 112 valence electrons. The molecule has 1 fully saturated rings. The van der Waals surface area contributed by atoms with Crippen LogP contribution in [0.1, 0.15) is 29.3 Å². The molecule has 1 aromatic rings. The summed E-state index contributed by atoms with van der Waals surface area (Å²) in [4.78, 5) is 16.5. The summed E-state index contributed by atoms with van der Waals surface area (Å²) in [6.07, 6.45) is 0.807. The molecular weight excluding hydrogens is 266 g/mol. The van der Waals surface area contributed by atoms with Gasteiger partial charge in [0.15, 0.2) is 0 Å². The molecule has 1 saturated heterocycles. The number of benzene rings is 1. The van der Waals surface area contributed by atoms with Crippen LogP contribution in [0.4, 0.5) is 0 Å². The predicted octanol–water partition coefficient (Wildman–Crippen LogP) is 1.76. The molecule has 2 rings (SSSR count). The molecule has 0 aliphatic carbocycles. The molecule has 0 aromatic heterocycles. The molecule has 1 unspecified atom stereocenters. The second kappa shape index (κ2) is 6.59. The zero-order valence-corrected chi connectivity index (χ0v) is 12.5. The van der Waals surface area contributed by atoms with Gasteiger partial charge in [-0.3, -0.25) is 9.69 Å². The van der Waals surface area contributed by atoms with Crippen molar-refractivity contribution in [2.24, 2.45) is 0 Å². The Morgan fingerprint density at radius 2 is 2.05 bits per heavy atom. The van der Waals surface area contributed by atoms with Crippen molar-refractivity contribution >= 4 is 5.91 Å². The summed E-state index contributed by atoms with van der Waals surface area (Å²) in [5.41, 5.74) is 1.42. The average molecular weight is 287 g/mol. The van der Waals surface area contributed by atoms with E-state index in [-0.39, 0.29) is 17.7 Å². The first kappa shape index (κ1) is 15.3. The van der Waals surface area contributed by atoms with Gasteiger partial charge in [0.25, 0.3) is 5.91 Å². The van der Waals surface area contributed by atoms with E-state index in [1.54, 1.807) is 18.2 Å². The second-order valence-electron chi connectivity index (χ2n) is 5.38. The number of rotatable bonds is 3. The quantitative estimate of drug-likeness (QED) is 0.920. The number of amides is 1. The lowest BCUT2D eigenvalue weighted by molar-refractivity contribution is 0.0604. The van der Waals surface area contributed by atoms with Crippen molar-refractivity contribution in [1.82, 2.24) is 9.80 Å². The molecular formula is C16H21N3O2. The van der Waals surface area contributed by atoms with Gasteiger partial charge >= 0.3 is 0 Å². The van der Waals surface area contributed by atoms with E-state index < -0.39 is 0 Å². The topological polar surface area (TPSA) is 67.6 Å². The lowest BCUT2D eigenvalue weighted by Crippen LogP contribution is -2.51. The van der Waals surface area contributed by atoms with E-state index in [2.05, 4.69) is 11.0 Å². The van der Waals surface area contributed by atoms with Crippen LogP contribution in [0, 0.1) is 18.3 Å². The van der Waals surface area contributed by atoms with E-state index >= 15 is 0 Å². The average Bonchev–Trinajstić information content (AvgIpc) is 2.48. The summed E-state index contributed by atoms with van der Waals surface area (Å²) in [6.45, 7) is 6.57. The molecule has 1 aliphatic rings. The van der Waals surface area contributed by atoms with Crippen LogP contribution in [0.2, 0.25) is 0 Å². The van der Waals surface area contributed by atoms with Crippen LogP contribution >= 0.6 is 0 Å². The van der Waals surface area contributed by atoms with Crippen LogP contribution in [-0.4, -0.2) is 53.0 Å². The molecule has 21 heavy (non-hydrogen) atoms. The van der Waals surface area contributed by atoms with Crippen molar-refractivity contribution in [3.8, 4) is 11.8 Å². The van der Waals surface area contributed by atoms with Gasteiger partial charge in [0.2, 0.25) is 0 Å². The van der Waals surface area contributed by atoms with Crippen LogP contribution in [0.15, 0.2) is 18.2 Å². The first-order valence-corrected chi connectivity index (χ1v) is 7.29. The summed E-state index contributed by atoms with van der Waals surface area (Å²) in [7, 11) is 0. The number of nitriles is 1. The Balaban J connectivity index is 2.02. The minimum Gasteiger partial charge on any atom is -0.508 e. The highest BCUT2D eigenvalue weighted by Crippen LogP contribution is 2.18. The minimum absolute atomic E-state index is 0.00263. The molecule has 5 heteroatoms.